The number of nitrogens with one attached hydrogen (secondary N) is 2. The molecule has 2 aromatic carbocycles. The molecule has 0 aliphatic rings. The molecule has 0 unspecified atom stereocenters. The van der Waals surface area contributed by atoms with Crippen molar-refractivity contribution in [2.24, 2.45) is 0 Å². The first kappa shape index (κ1) is 19.1. The monoisotopic (exact) mass is 358 g/mol. The predicted molar refractivity (Wildman–Crippen MR) is 96.2 cm³/mol. The summed E-state index contributed by atoms with van der Waals surface area (Å²) < 4.78 is 15.8. The molecule has 0 aliphatic heterocycles. The van der Waals surface area contributed by atoms with Gasteiger partial charge in [0.05, 0.1) is 20.6 Å². The number of hydrazine groups is 1. The zero-order chi connectivity index (χ0) is 18.9. The first-order valence-electron chi connectivity index (χ1n) is 8.00. The molecule has 7 nitrogen and oxygen atoms in total. The number of carbonyl (C=O) groups excluding carboxylic acids is 2. The van der Waals surface area contributed by atoms with Gasteiger partial charge in [0.15, 0.2) is 6.61 Å². The number of ether oxygens (including phenoxy) is 3. The highest BCUT2D eigenvalue weighted by Crippen LogP contribution is 2.24. The summed E-state index contributed by atoms with van der Waals surface area (Å²) in [6, 6.07) is 12.5. The van der Waals surface area contributed by atoms with E-state index in [-0.39, 0.29) is 18.9 Å². The molecule has 7 heteroatoms. The maximum absolute atomic E-state index is 12.0. The van der Waals surface area contributed by atoms with Crippen LogP contribution in [0.4, 0.5) is 0 Å². The van der Waals surface area contributed by atoms with Crippen LogP contribution in [0, 0.1) is 6.92 Å². The van der Waals surface area contributed by atoms with Gasteiger partial charge < -0.3 is 14.2 Å². The molecule has 2 amide bonds. The van der Waals surface area contributed by atoms with Crippen LogP contribution in [0.3, 0.4) is 0 Å². The number of para-hydroxylation sites is 1. The number of hydrogen-bond acceptors (Lipinski definition) is 5. The Labute approximate surface area is 152 Å². The zero-order valence-corrected chi connectivity index (χ0v) is 15.0. The van der Waals surface area contributed by atoms with Gasteiger partial charge in [-0.3, -0.25) is 20.4 Å². The summed E-state index contributed by atoms with van der Waals surface area (Å²) in [7, 11) is 3.07. The van der Waals surface area contributed by atoms with Gasteiger partial charge in [-0.05, 0) is 24.6 Å². The lowest BCUT2D eigenvalue weighted by Gasteiger charge is -2.12. The van der Waals surface area contributed by atoms with E-state index < -0.39 is 5.91 Å². The molecule has 0 bridgehead atoms. The Kier molecular flexibility index (Phi) is 6.84. The molecule has 0 heterocycles. The summed E-state index contributed by atoms with van der Waals surface area (Å²) >= 11 is 0. The highest BCUT2D eigenvalue weighted by Gasteiger charge is 2.11. The summed E-state index contributed by atoms with van der Waals surface area (Å²) in [5, 5.41) is 0. The molecule has 0 spiro atoms. The average molecular weight is 358 g/mol. The van der Waals surface area contributed by atoms with Gasteiger partial charge in [0, 0.05) is 11.6 Å². The maximum Gasteiger partial charge on any atom is 0.276 e. The average Bonchev–Trinajstić information content (AvgIpc) is 2.66. The van der Waals surface area contributed by atoms with Gasteiger partial charge in [0.1, 0.15) is 17.2 Å². The highest BCUT2D eigenvalue weighted by atomic mass is 16.5. The number of rotatable bonds is 7. The minimum absolute atomic E-state index is 0.0477. The van der Waals surface area contributed by atoms with E-state index in [9.17, 15) is 9.59 Å². The van der Waals surface area contributed by atoms with E-state index in [2.05, 4.69) is 10.9 Å². The Morgan fingerprint density at radius 3 is 2.35 bits per heavy atom. The molecular weight excluding hydrogens is 336 g/mol. The van der Waals surface area contributed by atoms with Gasteiger partial charge in [-0.25, -0.2) is 0 Å². The maximum atomic E-state index is 12.0. The summed E-state index contributed by atoms with van der Waals surface area (Å²) in [6.07, 6.45) is 0.0477. The summed E-state index contributed by atoms with van der Waals surface area (Å²) in [5.41, 5.74) is 6.28. The second-order valence-electron chi connectivity index (χ2n) is 5.51. The fraction of sp³-hybridized carbons (Fsp3) is 0.263. The minimum atomic E-state index is -0.455. The van der Waals surface area contributed by atoms with Crippen LogP contribution < -0.4 is 25.1 Å². The first-order chi connectivity index (χ1) is 12.5. The van der Waals surface area contributed by atoms with Crippen molar-refractivity contribution in [2.75, 3.05) is 20.8 Å². The topological polar surface area (TPSA) is 85.9 Å². The van der Waals surface area contributed by atoms with E-state index in [1.165, 1.54) is 7.11 Å². The number of carbonyl (C=O) groups is 2. The molecule has 2 rings (SSSR count). The molecular formula is C19H22N2O5. The minimum Gasteiger partial charge on any atom is -0.497 e. The summed E-state index contributed by atoms with van der Waals surface area (Å²) in [6.45, 7) is 1.69. The molecule has 0 saturated heterocycles. The third kappa shape index (κ3) is 5.41. The highest BCUT2D eigenvalue weighted by molar-refractivity contribution is 5.84. The lowest BCUT2D eigenvalue weighted by Crippen LogP contribution is -2.44. The van der Waals surface area contributed by atoms with Crippen LogP contribution in [0.25, 0.3) is 0 Å². The van der Waals surface area contributed by atoms with Gasteiger partial charge in [-0.2, -0.15) is 0 Å². The molecule has 0 radical (unpaired) electrons. The zero-order valence-electron chi connectivity index (χ0n) is 15.0. The van der Waals surface area contributed by atoms with Crippen molar-refractivity contribution in [2.45, 2.75) is 13.3 Å². The van der Waals surface area contributed by atoms with Gasteiger partial charge >= 0.3 is 0 Å². The van der Waals surface area contributed by atoms with E-state index in [1.807, 2.05) is 25.1 Å². The van der Waals surface area contributed by atoms with Gasteiger partial charge in [-0.1, -0.05) is 24.3 Å². The van der Waals surface area contributed by atoms with E-state index in [0.29, 0.717) is 22.8 Å². The molecule has 2 N–H and O–H groups in total. The number of benzene rings is 2. The van der Waals surface area contributed by atoms with E-state index >= 15 is 0 Å². The Balaban J connectivity index is 1.81. The van der Waals surface area contributed by atoms with Crippen molar-refractivity contribution in [1.29, 1.82) is 0 Å². The normalized spacial score (nSPS) is 9.96. The molecule has 26 heavy (non-hydrogen) atoms. The molecule has 0 atom stereocenters. The number of aryl methyl sites for hydroxylation is 1. The predicted octanol–water partition coefficient (Wildman–Crippen LogP) is 1.78. The lowest BCUT2D eigenvalue weighted by molar-refractivity contribution is -0.129. The number of amides is 2. The standard InChI is InChI=1S/C19H22N2O5/c1-13-6-4-5-7-16(13)26-12-19(23)21-20-18(22)10-14-8-9-15(24-2)11-17(14)25-3/h4-9,11H,10,12H2,1-3H3,(H,20,22)(H,21,23). The number of methoxy groups -OCH3 is 2. The van der Waals surface area contributed by atoms with Crippen LogP contribution in [-0.2, 0) is 16.0 Å². The molecule has 0 aliphatic carbocycles. The van der Waals surface area contributed by atoms with Crippen LogP contribution in [0.5, 0.6) is 17.2 Å². The molecule has 2 aromatic rings. The lowest BCUT2D eigenvalue weighted by atomic mass is 10.1. The summed E-state index contributed by atoms with van der Waals surface area (Å²) in [5.74, 6) is 0.958. The van der Waals surface area contributed by atoms with Crippen molar-refractivity contribution in [3.8, 4) is 17.2 Å². The largest absolute Gasteiger partial charge is 0.497 e. The van der Waals surface area contributed by atoms with Crippen molar-refractivity contribution in [1.82, 2.24) is 10.9 Å². The second-order valence-corrected chi connectivity index (χ2v) is 5.51. The molecule has 0 saturated carbocycles. The smallest absolute Gasteiger partial charge is 0.276 e. The van der Waals surface area contributed by atoms with Crippen LogP contribution in [0.1, 0.15) is 11.1 Å². The molecule has 0 aromatic heterocycles. The Morgan fingerprint density at radius 2 is 1.65 bits per heavy atom. The van der Waals surface area contributed by atoms with Crippen molar-refractivity contribution in [3.05, 3.63) is 53.6 Å². The van der Waals surface area contributed by atoms with Crippen molar-refractivity contribution < 1.29 is 23.8 Å². The second kappa shape index (κ2) is 9.31. The Hall–Kier alpha value is -3.22. The van der Waals surface area contributed by atoms with E-state index in [4.69, 9.17) is 14.2 Å². The van der Waals surface area contributed by atoms with Crippen molar-refractivity contribution >= 4 is 11.8 Å². The number of hydrogen-bond donors (Lipinski definition) is 2. The quantitative estimate of drug-likeness (QED) is 0.737. The van der Waals surface area contributed by atoms with Crippen LogP contribution in [0.15, 0.2) is 42.5 Å². The van der Waals surface area contributed by atoms with Crippen LogP contribution in [-0.4, -0.2) is 32.6 Å². The van der Waals surface area contributed by atoms with Crippen LogP contribution in [0.2, 0.25) is 0 Å². The first-order valence-corrected chi connectivity index (χ1v) is 8.00. The Bertz CT molecular complexity index is 776. The van der Waals surface area contributed by atoms with Gasteiger partial charge in [0.25, 0.3) is 5.91 Å². The van der Waals surface area contributed by atoms with Crippen molar-refractivity contribution in [3.63, 3.8) is 0 Å². The SMILES string of the molecule is COc1ccc(CC(=O)NNC(=O)COc2ccccc2C)c(OC)c1. The van der Waals surface area contributed by atoms with E-state index in [0.717, 1.165) is 5.56 Å². The third-order valence-corrected chi connectivity index (χ3v) is 3.64. The fourth-order valence-corrected chi connectivity index (χ4v) is 2.25. The summed E-state index contributed by atoms with van der Waals surface area (Å²) in [4.78, 5) is 23.8. The van der Waals surface area contributed by atoms with E-state index in [1.54, 1.807) is 31.4 Å². The molecule has 0 fully saturated rings. The van der Waals surface area contributed by atoms with Gasteiger partial charge in [-0.15, -0.1) is 0 Å². The third-order valence-electron chi connectivity index (χ3n) is 3.64. The Morgan fingerprint density at radius 1 is 0.923 bits per heavy atom. The van der Waals surface area contributed by atoms with Crippen LogP contribution >= 0.6 is 0 Å². The van der Waals surface area contributed by atoms with Gasteiger partial charge in [0.2, 0.25) is 5.91 Å². The fourth-order valence-electron chi connectivity index (χ4n) is 2.25. The molecule has 138 valence electrons.